The third kappa shape index (κ3) is 9.27. The molecule has 0 unspecified atom stereocenters. The Labute approximate surface area is 207 Å². The van der Waals surface area contributed by atoms with Gasteiger partial charge in [-0.2, -0.15) is 0 Å². The van der Waals surface area contributed by atoms with Gasteiger partial charge < -0.3 is 14.2 Å². The number of rotatable bonds is 16. The molecule has 0 N–H and O–H groups in total. The minimum absolute atomic E-state index is 0.243. The summed E-state index contributed by atoms with van der Waals surface area (Å²) in [5.41, 5.74) is 3.48. The normalized spacial score (nSPS) is 18.0. The first kappa shape index (κ1) is 26.5. The van der Waals surface area contributed by atoms with E-state index in [2.05, 4.69) is 62.0 Å². The summed E-state index contributed by atoms with van der Waals surface area (Å²) in [6, 6.07) is 17.0. The molecule has 2 aromatic rings. The van der Waals surface area contributed by atoms with Gasteiger partial charge in [-0.3, -0.25) is 0 Å². The Balaban J connectivity index is 1.36. The predicted octanol–water partition coefficient (Wildman–Crippen LogP) is 8.89. The van der Waals surface area contributed by atoms with Crippen LogP contribution in [-0.2, 0) is 9.47 Å². The van der Waals surface area contributed by atoms with Crippen LogP contribution < -0.4 is 4.74 Å². The van der Waals surface area contributed by atoms with Crippen LogP contribution in [0, 0.1) is 5.92 Å². The fourth-order valence-electron chi connectivity index (χ4n) is 4.45. The average Bonchev–Trinajstić information content (AvgIpc) is 2.89. The third-order valence-corrected chi connectivity index (χ3v) is 6.62. The molecule has 3 heteroatoms. The van der Waals surface area contributed by atoms with E-state index in [-0.39, 0.29) is 6.29 Å². The van der Waals surface area contributed by atoms with E-state index in [0.717, 1.165) is 44.0 Å². The van der Waals surface area contributed by atoms with Crippen molar-refractivity contribution in [2.45, 2.75) is 83.8 Å². The van der Waals surface area contributed by atoms with Gasteiger partial charge in [0.15, 0.2) is 6.29 Å². The van der Waals surface area contributed by atoms with Gasteiger partial charge in [0, 0.05) is 11.5 Å². The summed E-state index contributed by atoms with van der Waals surface area (Å²) in [4.78, 5) is 0. The van der Waals surface area contributed by atoms with Gasteiger partial charge in [-0.25, -0.2) is 0 Å². The van der Waals surface area contributed by atoms with E-state index in [1.54, 1.807) is 0 Å². The van der Waals surface area contributed by atoms with Crippen molar-refractivity contribution < 1.29 is 14.2 Å². The molecular formula is C31H44O3. The summed E-state index contributed by atoms with van der Waals surface area (Å²) in [5.74, 6) is 1.47. The number of unbranched alkanes of at least 4 members (excludes halogenated alkanes) is 8. The summed E-state index contributed by atoms with van der Waals surface area (Å²) in [6.45, 7) is 8.40. The maximum Gasteiger partial charge on any atom is 0.183 e. The van der Waals surface area contributed by atoms with Gasteiger partial charge in [0.25, 0.3) is 0 Å². The minimum atomic E-state index is -0.243. The highest BCUT2D eigenvalue weighted by atomic mass is 16.7. The fraction of sp³-hybridized carbons (Fsp3) is 0.548. The second kappa shape index (κ2) is 15.7. The van der Waals surface area contributed by atoms with Gasteiger partial charge in [0.05, 0.1) is 19.8 Å². The average molecular weight is 465 g/mol. The lowest BCUT2D eigenvalue weighted by Crippen LogP contribution is -2.27. The topological polar surface area (TPSA) is 27.7 Å². The molecule has 1 aliphatic rings. The quantitative estimate of drug-likeness (QED) is 0.183. The van der Waals surface area contributed by atoms with Crippen LogP contribution in [0.15, 0.2) is 61.2 Å². The maximum absolute atomic E-state index is 6.06. The molecule has 0 saturated carbocycles. The van der Waals surface area contributed by atoms with Crippen LogP contribution in [0.3, 0.4) is 0 Å². The molecule has 1 saturated heterocycles. The second-order valence-corrected chi connectivity index (χ2v) is 9.55. The molecule has 3 rings (SSSR count). The summed E-state index contributed by atoms with van der Waals surface area (Å²) in [5, 5.41) is 0. The van der Waals surface area contributed by atoms with Crippen molar-refractivity contribution in [2.75, 3.05) is 19.8 Å². The first-order valence-electron chi connectivity index (χ1n) is 13.5. The van der Waals surface area contributed by atoms with Gasteiger partial charge in [0.2, 0.25) is 0 Å². The van der Waals surface area contributed by atoms with Crippen LogP contribution >= 0.6 is 0 Å². The van der Waals surface area contributed by atoms with Crippen LogP contribution in [0.25, 0.3) is 11.1 Å². The fourth-order valence-corrected chi connectivity index (χ4v) is 4.45. The Bertz CT molecular complexity index is 788. The standard InChI is InChI=1S/C31H44O3/c1-3-5-7-9-10-11-12-14-26-24-33-31(34-25-26)29-17-15-27(16-18-29)28-19-21-30(22-20-28)32-23-13-8-6-4-2/h3,15-22,26,31H,1,4-14,23-25H2,2H3. The van der Waals surface area contributed by atoms with Crippen molar-refractivity contribution >= 4 is 0 Å². The molecule has 0 aromatic heterocycles. The van der Waals surface area contributed by atoms with Gasteiger partial charge in [-0.05, 0) is 48.9 Å². The zero-order valence-electron chi connectivity index (χ0n) is 21.2. The molecule has 1 fully saturated rings. The number of hydrogen-bond acceptors (Lipinski definition) is 3. The molecule has 0 atom stereocenters. The Kier molecular flexibility index (Phi) is 12.3. The highest BCUT2D eigenvalue weighted by Crippen LogP contribution is 2.30. The highest BCUT2D eigenvalue weighted by molar-refractivity contribution is 5.64. The van der Waals surface area contributed by atoms with Crippen molar-refractivity contribution in [3.8, 4) is 16.9 Å². The van der Waals surface area contributed by atoms with E-state index in [9.17, 15) is 0 Å². The SMILES string of the molecule is C=CCCCCCCCC1COC(c2ccc(-c3ccc(OCCCCCC)cc3)cc2)OC1. The van der Waals surface area contributed by atoms with E-state index in [1.165, 1.54) is 68.9 Å². The van der Waals surface area contributed by atoms with E-state index in [0.29, 0.717) is 5.92 Å². The molecule has 34 heavy (non-hydrogen) atoms. The second-order valence-electron chi connectivity index (χ2n) is 9.55. The number of benzene rings is 2. The molecule has 3 nitrogen and oxygen atoms in total. The lowest BCUT2D eigenvalue weighted by molar-refractivity contribution is -0.206. The van der Waals surface area contributed by atoms with Crippen LogP contribution in [0.1, 0.15) is 89.4 Å². The Hall–Kier alpha value is -2.10. The largest absolute Gasteiger partial charge is 0.494 e. The van der Waals surface area contributed by atoms with Crippen molar-refractivity contribution in [1.82, 2.24) is 0 Å². The number of allylic oxidation sites excluding steroid dienone is 1. The molecule has 0 spiro atoms. The lowest BCUT2D eigenvalue weighted by atomic mass is 10.0. The Morgan fingerprint density at radius 1 is 0.794 bits per heavy atom. The first-order chi connectivity index (χ1) is 16.8. The molecule has 1 heterocycles. The van der Waals surface area contributed by atoms with E-state index in [1.807, 2.05) is 6.08 Å². The van der Waals surface area contributed by atoms with Gasteiger partial charge in [-0.15, -0.1) is 6.58 Å². The highest BCUT2D eigenvalue weighted by Gasteiger charge is 2.23. The number of hydrogen-bond donors (Lipinski definition) is 0. The summed E-state index contributed by atoms with van der Waals surface area (Å²) >= 11 is 0. The zero-order chi connectivity index (χ0) is 23.8. The van der Waals surface area contributed by atoms with Crippen LogP contribution in [-0.4, -0.2) is 19.8 Å². The van der Waals surface area contributed by atoms with Crippen LogP contribution in [0.5, 0.6) is 5.75 Å². The minimum Gasteiger partial charge on any atom is -0.494 e. The predicted molar refractivity (Wildman–Crippen MR) is 142 cm³/mol. The van der Waals surface area contributed by atoms with Gasteiger partial charge >= 0.3 is 0 Å². The van der Waals surface area contributed by atoms with Crippen LogP contribution in [0.2, 0.25) is 0 Å². The molecule has 186 valence electrons. The summed E-state index contributed by atoms with van der Waals surface area (Å²) in [7, 11) is 0. The third-order valence-electron chi connectivity index (χ3n) is 6.62. The van der Waals surface area contributed by atoms with Crippen molar-refractivity contribution in [3.05, 3.63) is 66.7 Å². The summed E-state index contributed by atoms with van der Waals surface area (Å²) in [6.07, 6.45) is 15.5. The smallest absolute Gasteiger partial charge is 0.183 e. The number of ether oxygens (including phenoxy) is 3. The molecule has 1 aliphatic heterocycles. The van der Waals surface area contributed by atoms with Gasteiger partial charge in [0.1, 0.15) is 5.75 Å². The van der Waals surface area contributed by atoms with E-state index in [4.69, 9.17) is 14.2 Å². The molecule has 2 aromatic carbocycles. The molecular weight excluding hydrogens is 420 g/mol. The first-order valence-corrected chi connectivity index (χ1v) is 13.5. The maximum atomic E-state index is 6.06. The Morgan fingerprint density at radius 2 is 1.41 bits per heavy atom. The molecule has 0 aliphatic carbocycles. The molecule has 0 amide bonds. The molecule has 0 radical (unpaired) electrons. The van der Waals surface area contributed by atoms with Crippen molar-refractivity contribution in [2.24, 2.45) is 5.92 Å². The van der Waals surface area contributed by atoms with Crippen molar-refractivity contribution in [3.63, 3.8) is 0 Å². The van der Waals surface area contributed by atoms with Gasteiger partial charge in [-0.1, -0.05) is 94.3 Å². The molecule has 0 bridgehead atoms. The van der Waals surface area contributed by atoms with Crippen LogP contribution in [0.4, 0.5) is 0 Å². The zero-order valence-corrected chi connectivity index (χ0v) is 21.2. The Morgan fingerprint density at radius 3 is 2.09 bits per heavy atom. The van der Waals surface area contributed by atoms with E-state index < -0.39 is 0 Å². The lowest BCUT2D eigenvalue weighted by Gasteiger charge is -2.29. The summed E-state index contributed by atoms with van der Waals surface area (Å²) < 4.78 is 18.0. The monoisotopic (exact) mass is 464 g/mol. The van der Waals surface area contributed by atoms with E-state index >= 15 is 0 Å². The van der Waals surface area contributed by atoms with Crippen molar-refractivity contribution in [1.29, 1.82) is 0 Å².